The topological polar surface area (TPSA) is 161 Å². The van der Waals surface area contributed by atoms with E-state index in [9.17, 15) is 36.3 Å². The average molecular weight is 929 g/mol. The van der Waals surface area contributed by atoms with E-state index in [4.69, 9.17) is 9.47 Å². The predicted molar refractivity (Wildman–Crippen MR) is 242 cm³/mol. The van der Waals surface area contributed by atoms with Gasteiger partial charge in [0, 0.05) is 82.4 Å². The van der Waals surface area contributed by atoms with Crippen LogP contribution in [0.1, 0.15) is 55.4 Å². The third kappa shape index (κ3) is 6.86. The van der Waals surface area contributed by atoms with Gasteiger partial charge in [0.2, 0.25) is 34.8 Å². The molecule has 0 bridgehead atoms. The summed E-state index contributed by atoms with van der Waals surface area (Å²) in [6, 6.07) is 21.1. The monoisotopic (exact) mass is 928 g/mol. The average Bonchev–Trinajstić information content (AvgIpc) is 4.22. The molecule has 0 spiro atoms. The highest BCUT2D eigenvalue weighted by molar-refractivity contribution is 6.13. The summed E-state index contributed by atoms with van der Waals surface area (Å²) in [6.07, 6.45) is 3.17. The molecule has 14 nitrogen and oxygen atoms in total. The van der Waals surface area contributed by atoms with Crippen LogP contribution in [0.5, 0.6) is 17.2 Å². The van der Waals surface area contributed by atoms with Gasteiger partial charge in [-0.05, 0) is 97.5 Å². The van der Waals surface area contributed by atoms with E-state index >= 15 is 0 Å². The highest BCUT2D eigenvalue weighted by Crippen LogP contribution is 2.43. The quantitative estimate of drug-likeness (QED) is 0.0324. The first-order valence-electron chi connectivity index (χ1n) is 21.6. The Morgan fingerprint density at radius 1 is 0.559 bits per heavy atom. The number of esters is 1. The molecule has 2 amide bonds. The van der Waals surface area contributed by atoms with Crippen molar-refractivity contribution in [3.8, 4) is 17.2 Å². The van der Waals surface area contributed by atoms with Crippen molar-refractivity contribution in [2.45, 2.75) is 25.7 Å². The van der Waals surface area contributed by atoms with Crippen molar-refractivity contribution in [2.75, 3.05) is 55.1 Å². The minimum atomic E-state index is -2.38. The lowest BCUT2D eigenvalue weighted by Crippen LogP contribution is -2.29. The fraction of sp³-hybridized carbons (Fsp3) is 0.204. The molecule has 3 N–H and O–H groups in total. The number of aromatic amines is 3. The number of halogens is 5. The van der Waals surface area contributed by atoms with Crippen LogP contribution in [0.3, 0.4) is 0 Å². The Labute approximate surface area is 381 Å². The first-order valence-corrected chi connectivity index (χ1v) is 21.6. The van der Waals surface area contributed by atoms with Crippen molar-refractivity contribution in [1.82, 2.24) is 15.0 Å². The lowest BCUT2D eigenvalue weighted by Gasteiger charge is -2.21. The maximum absolute atomic E-state index is 14.3. The fourth-order valence-electron chi connectivity index (χ4n) is 9.54. The van der Waals surface area contributed by atoms with Gasteiger partial charge in [0.15, 0.2) is 0 Å². The zero-order valence-corrected chi connectivity index (χ0v) is 36.2. The van der Waals surface area contributed by atoms with Crippen molar-refractivity contribution < 1.29 is 50.5 Å². The van der Waals surface area contributed by atoms with E-state index in [1.807, 2.05) is 42.5 Å². The van der Waals surface area contributed by atoms with Crippen LogP contribution in [0.2, 0.25) is 0 Å². The summed E-state index contributed by atoms with van der Waals surface area (Å²) in [4.78, 5) is 55.9. The molecule has 19 heteroatoms. The summed E-state index contributed by atoms with van der Waals surface area (Å²) in [5.74, 6) is -13.8. The van der Waals surface area contributed by atoms with Crippen LogP contribution in [-0.4, -0.2) is 73.1 Å². The number of aromatic nitrogens is 3. The number of nitrogens with zero attached hydrogens (tertiary/aromatic N) is 5. The molecule has 0 aliphatic carbocycles. The number of anilines is 3. The van der Waals surface area contributed by atoms with E-state index in [1.54, 1.807) is 48.3 Å². The molecule has 0 radical (unpaired) electrons. The van der Waals surface area contributed by atoms with Crippen LogP contribution in [0, 0.1) is 29.1 Å². The second-order valence-electron chi connectivity index (χ2n) is 16.7. The normalized spacial score (nSPS) is 14.5. The first-order chi connectivity index (χ1) is 32.9. The Morgan fingerprint density at radius 2 is 1.10 bits per heavy atom. The number of methoxy groups -OCH3 is 2. The lowest BCUT2D eigenvalue weighted by molar-refractivity contribution is 0.0710. The number of carbonyl (C=O) groups excluding carboxylic acids is 3. The molecule has 3 aliphatic heterocycles. The molecule has 0 saturated carbocycles. The maximum Gasteiger partial charge on any atom is 0.360 e. The zero-order valence-electron chi connectivity index (χ0n) is 36.2. The van der Waals surface area contributed by atoms with Crippen LogP contribution in [0.15, 0.2) is 83.0 Å². The Kier molecular flexibility index (Phi) is 10.2. The van der Waals surface area contributed by atoms with Crippen LogP contribution in [-0.2, 0) is 12.8 Å². The van der Waals surface area contributed by atoms with Gasteiger partial charge >= 0.3 is 5.97 Å². The number of rotatable bonds is 9. The van der Waals surface area contributed by atoms with Gasteiger partial charge in [-0.25, -0.2) is 18.0 Å². The van der Waals surface area contributed by atoms with Crippen LogP contribution in [0.25, 0.3) is 32.7 Å². The molecule has 8 aromatic rings. The van der Waals surface area contributed by atoms with Gasteiger partial charge in [-0.2, -0.15) is 13.9 Å². The predicted octanol–water partition coefficient (Wildman–Crippen LogP) is 10.5. The summed E-state index contributed by atoms with van der Waals surface area (Å²) in [6.45, 7) is 2.59. The standard InChI is InChI=1S/C49H37F5N8O6/c1-66-39-22-38(60-13-3-4-14-60)40(67-2)21-32(39)59-58-24-5-6-29-23(17-24)18-33(55-29)47(63)61-15-11-25-27-19-34(56-30(27)7-9-36(25)61)48(64)62-16-12-26-28-20-35(57-31(28)8-10-37(26)62)49(65)68-46-44(53)42(51)41(50)43(52)45(46)54/h5-10,17-22,55-57H,3-4,11-16H2,1-2H3/b59-58+. The minimum Gasteiger partial charge on any atom is -0.494 e. The number of amides is 2. The fourth-order valence-corrected chi connectivity index (χ4v) is 9.54. The van der Waals surface area contributed by atoms with Gasteiger partial charge in [0.25, 0.3) is 11.8 Å². The molecule has 3 aromatic heterocycles. The number of H-pyrrole nitrogens is 3. The molecule has 0 atom stereocenters. The molecule has 0 unspecified atom stereocenters. The molecule has 68 heavy (non-hydrogen) atoms. The number of benzene rings is 5. The molecular formula is C49H37F5N8O6. The molecule has 11 rings (SSSR count). The van der Waals surface area contributed by atoms with Crippen LogP contribution in [0.4, 0.5) is 50.4 Å². The van der Waals surface area contributed by atoms with E-state index in [0.717, 1.165) is 59.2 Å². The molecule has 1 saturated heterocycles. The van der Waals surface area contributed by atoms with Crippen LogP contribution >= 0.6 is 0 Å². The van der Waals surface area contributed by atoms with Crippen molar-refractivity contribution in [2.24, 2.45) is 10.2 Å². The SMILES string of the molecule is COc1cc(N2CCCC2)c(OC)cc1/N=N/c1ccc2[nH]c(C(=O)N3CCc4c3ccc3[nH]c(C(=O)N5CCc6c5ccc5[nH]c(C(=O)Oc7c(F)c(F)c(F)c(F)c7F)cc65)cc43)cc2c1. The van der Waals surface area contributed by atoms with Gasteiger partial charge in [-0.15, -0.1) is 5.11 Å². The number of hydrogen-bond acceptors (Lipinski definition) is 9. The smallest absolute Gasteiger partial charge is 0.360 e. The molecule has 1 fully saturated rings. The number of nitrogens with one attached hydrogen (secondary N) is 3. The van der Waals surface area contributed by atoms with Crippen molar-refractivity contribution in [3.63, 3.8) is 0 Å². The zero-order chi connectivity index (χ0) is 47.1. The molecule has 344 valence electrons. The number of fused-ring (bicyclic) bond motifs is 7. The van der Waals surface area contributed by atoms with Gasteiger partial charge < -0.3 is 43.9 Å². The number of carbonyl (C=O) groups is 3. The van der Waals surface area contributed by atoms with E-state index < -0.39 is 40.8 Å². The third-order valence-corrected chi connectivity index (χ3v) is 12.9. The Morgan fingerprint density at radius 3 is 1.72 bits per heavy atom. The van der Waals surface area contributed by atoms with Gasteiger partial charge in [-0.3, -0.25) is 9.59 Å². The summed E-state index contributed by atoms with van der Waals surface area (Å²) in [7, 11) is 3.22. The van der Waals surface area contributed by atoms with Crippen molar-refractivity contribution >= 4 is 78.9 Å². The molecule has 6 heterocycles. The van der Waals surface area contributed by atoms with E-state index in [2.05, 4.69) is 34.8 Å². The summed E-state index contributed by atoms with van der Waals surface area (Å²) < 4.78 is 85.5. The van der Waals surface area contributed by atoms with E-state index in [1.165, 1.54) is 6.07 Å². The molecule has 5 aromatic carbocycles. The molecular weight excluding hydrogens is 892 g/mol. The summed E-state index contributed by atoms with van der Waals surface area (Å²) >= 11 is 0. The van der Waals surface area contributed by atoms with Gasteiger partial charge in [0.1, 0.15) is 34.3 Å². The summed E-state index contributed by atoms with van der Waals surface area (Å²) in [5.41, 5.74) is 7.20. The van der Waals surface area contributed by atoms with E-state index in [0.29, 0.717) is 81.3 Å². The second-order valence-corrected chi connectivity index (χ2v) is 16.7. The number of ether oxygens (including phenoxy) is 3. The third-order valence-electron chi connectivity index (χ3n) is 12.9. The minimum absolute atomic E-state index is 0.219. The maximum atomic E-state index is 14.3. The number of azo groups is 1. The first kappa shape index (κ1) is 42.4. The Balaban J connectivity index is 0.804. The highest BCUT2D eigenvalue weighted by Gasteiger charge is 2.33. The Bertz CT molecular complexity index is 3460. The van der Waals surface area contributed by atoms with Crippen LogP contribution < -0.4 is 28.9 Å². The summed E-state index contributed by atoms with van der Waals surface area (Å²) in [5, 5.41) is 11.1. The molecule has 3 aliphatic rings. The largest absolute Gasteiger partial charge is 0.494 e. The van der Waals surface area contributed by atoms with Gasteiger partial charge in [0.05, 0.1) is 25.6 Å². The lowest BCUT2D eigenvalue weighted by atomic mass is 10.1. The van der Waals surface area contributed by atoms with Gasteiger partial charge in [-0.1, -0.05) is 0 Å². The number of hydrogen-bond donors (Lipinski definition) is 3. The second kappa shape index (κ2) is 16.3. The van der Waals surface area contributed by atoms with Crippen molar-refractivity contribution in [3.05, 3.63) is 130 Å². The highest BCUT2D eigenvalue weighted by atomic mass is 19.2. The van der Waals surface area contributed by atoms with E-state index in [-0.39, 0.29) is 24.1 Å². The Hall–Kier alpha value is -8.22. The van der Waals surface area contributed by atoms with Crippen molar-refractivity contribution in [1.29, 1.82) is 0 Å².